The molecule has 0 saturated heterocycles. The molecule has 1 aromatic carbocycles. The molecule has 2 heteroatoms. The van der Waals surface area contributed by atoms with Crippen LogP contribution in [0.15, 0.2) is 52.3 Å². The number of benzene rings is 1. The quantitative estimate of drug-likeness (QED) is 0.567. The van der Waals surface area contributed by atoms with Gasteiger partial charge in [-0.25, -0.2) is 0 Å². The van der Waals surface area contributed by atoms with Gasteiger partial charge in [0.25, 0.3) is 0 Å². The number of hydrogen-bond acceptors (Lipinski definition) is 1. The van der Waals surface area contributed by atoms with E-state index in [1.165, 1.54) is 33.4 Å². The zero-order chi connectivity index (χ0) is 17.8. The van der Waals surface area contributed by atoms with E-state index < -0.39 is 8.07 Å². The van der Waals surface area contributed by atoms with E-state index in [-0.39, 0.29) is 0 Å². The summed E-state index contributed by atoms with van der Waals surface area (Å²) in [5, 5.41) is 1.66. The molecule has 128 valence electrons. The van der Waals surface area contributed by atoms with Crippen molar-refractivity contribution in [3.63, 3.8) is 0 Å². The van der Waals surface area contributed by atoms with Crippen molar-refractivity contribution in [2.45, 2.75) is 45.8 Å². The van der Waals surface area contributed by atoms with Gasteiger partial charge < -0.3 is 4.42 Å². The maximum Gasteiger partial charge on any atom is 0.137 e. The Hall–Kier alpha value is -2.06. The van der Waals surface area contributed by atoms with Gasteiger partial charge in [-0.05, 0) is 61.1 Å². The highest BCUT2D eigenvalue weighted by atomic mass is 28.3. The second kappa shape index (κ2) is 5.74. The monoisotopic (exact) mass is 346 g/mol. The minimum atomic E-state index is -1.57. The average molecular weight is 347 g/mol. The number of hydrogen-bond donors (Lipinski definition) is 0. The van der Waals surface area contributed by atoms with Crippen molar-refractivity contribution in [2.24, 2.45) is 0 Å². The zero-order valence-corrected chi connectivity index (χ0v) is 16.8. The summed E-state index contributed by atoms with van der Waals surface area (Å²) >= 11 is 0. The summed E-state index contributed by atoms with van der Waals surface area (Å²) in [5.74, 6) is 1.03. The molecular formula is C23H26OSi. The third kappa shape index (κ3) is 2.43. The first-order chi connectivity index (χ1) is 11.9. The fourth-order valence-electron chi connectivity index (χ4n) is 4.37. The molecule has 2 aliphatic rings. The second-order valence-electron chi connectivity index (χ2n) is 8.01. The van der Waals surface area contributed by atoms with Crippen LogP contribution in [-0.4, -0.2) is 8.07 Å². The zero-order valence-electron chi connectivity index (χ0n) is 15.8. The molecule has 0 amide bonds. The van der Waals surface area contributed by atoms with Crippen molar-refractivity contribution in [3.05, 3.63) is 75.7 Å². The van der Waals surface area contributed by atoms with E-state index in [9.17, 15) is 0 Å². The number of fused-ring (bicyclic) bond motifs is 1. The normalized spacial score (nSPS) is 18.8. The van der Waals surface area contributed by atoms with Crippen LogP contribution in [0.2, 0.25) is 13.1 Å². The maximum absolute atomic E-state index is 5.89. The van der Waals surface area contributed by atoms with Gasteiger partial charge in [-0.15, -0.1) is 0 Å². The van der Waals surface area contributed by atoms with Crippen LogP contribution in [0.3, 0.4) is 0 Å². The fraction of sp³-hybridized carbons (Fsp3) is 0.304. The van der Waals surface area contributed by atoms with E-state index in [0.717, 1.165) is 12.2 Å². The van der Waals surface area contributed by atoms with Gasteiger partial charge >= 0.3 is 0 Å². The van der Waals surface area contributed by atoms with Crippen LogP contribution in [0.4, 0.5) is 0 Å². The lowest BCUT2D eigenvalue weighted by Gasteiger charge is -2.32. The largest absolute Gasteiger partial charge is 0.464 e. The van der Waals surface area contributed by atoms with E-state index in [1.54, 1.807) is 5.20 Å². The van der Waals surface area contributed by atoms with Crippen LogP contribution in [-0.2, 0) is 0 Å². The highest BCUT2D eigenvalue weighted by Gasteiger charge is 2.39. The molecule has 2 aliphatic carbocycles. The van der Waals surface area contributed by atoms with Crippen LogP contribution in [0, 0.1) is 20.8 Å². The molecule has 0 aliphatic heterocycles. The Labute approximate surface area is 151 Å². The number of aryl methyl sites for hydroxylation is 2. The Kier molecular flexibility index (Phi) is 3.77. The molecule has 1 atom stereocenters. The summed E-state index contributed by atoms with van der Waals surface area (Å²) in [7, 11) is -1.57. The molecule has 2 aromatic rings. The van der Waals surface area contributed by atoms with Gasteiger partial charge in [-0.1, -0.05) is 54.7 Å². The molecule has 1 nitrogen and oxygen atoms in total. The number of rotatable bonds is 3. The molecule has 4 rings (SSSR count). The van der Waals surface area contributed by atoms with Crippen LogP contribution >= 0.6 is 0 Å². The standard InChI is InChI=1S/C23H26OSi/c1-15-12-13-24-23(15)22-17(3)16(2)14-20-19(22)10-11-21(20)25(4,5)18-8-6-7-9-18/h6-8,10-14,21H,9H2,1-5H3. The Morgan fingerprint density at radius 3 is 2.56 bits per heavy atom. The third-order valence-electron chi connectivity index (χ3n) is 6.17. The van der Waals surface area contributed by atoms with E-state index in [2.05, 4.69) is 76.4 Å². The summed E-state index contributed by atoms with van der Waals surface area (Å²) in [5.41, 5.74) is 8.62. The molecule has 1 aromatic heterocycles. The highest BCUT2D eigenvalue weighted by Crippen LogP contribution is 2.46. The summed E-state index contributed by atoms with van der Waals surface area (Å²) in [6, 6.07) is 4.49. The molecule has 0 bridgehead atoms. The van der Waals surface area contributed by atoms with E-state index in [0.29, 0.717) is 5.54 Å². The first kappa shape index (κ1) is 16.4. The SMILES string of the molecule is Cc1ccoc1-c1c(C)c(C)cc2c1C=CC2[Si](C)(C)C1=CC=CC1. The molecule has 1 unspecified atom stereocenters. The first-order valence-corrected chi connectivity index (χ1v) is 12.2. The predicted molar refractivity (Wildman–Crippen MR) is 109 cm³/mol. The smallest absolute Gasteiger partial charge is 0.137 e. The van der Waals surface area contributed by atoms with Crippen molar-refractivity contribution in [1.29, 1.82) is 0 Å². The Morgan fingerprint density at radius 1 is 1.12 bits per heavy atom. The molecule has 1 heterocycles. The van der Waals surface area contributed by atoms with Crippen molar-refractivity contribution in [3.8, 4) is 11.3 Å². The van der Waals surface area contributed by atoms with Crippen LogP contribution in [0.25, 0.3) is 17.4 Å². The molecule has 0 fully saturated rings. The van der Waals surface area contributed by atoms with Gasteiger partial charge in [-0.2, -0.15) is 0 Å². The van der Waals surface area contributed by atoms with Crippen LogP contribution in [0.5, 0.6) is 0 Å². The van der Waals surface area contributed by atoms with E-state index >= 15 is 0 Å². The highest BCUT2D eigenvalue weighted by molar-refractivity contribution is 6.86. The predicted octanol–water partition coefficient (Wildman–Crippen LogP) is 6.66. The lowest BCUT2D eigenvalue weighted by atomic mass is 9.91. The summed E-state index contributed by atoms with van der Waals surface area (Å²) < 4.78 is 5.89. The summed E-state index contributed by atoms with van der Waals surface area (Å²) in [6.45, 7) is 11.6. The molecular weight excluding hydrogens is 320 g/mol. The maximum atomic E-state index is 5.89. The minimum Gasteiger partial charge on any atom is -0.464 e. The second-order valence-corrected chi connectivity index (χ2v) is 12.7. The topological polar surface area (TPSA) is 13.1 Å². The van der Waals surface area contributed by atoms with Gasteiger partial charge in [0.05, 0.1) is 14.3 Å². The average Bonchev–Trinajstić information content (AvgIpc) is 3.29. The number of allylic oxidation sites excluding steroid dienone is 5. The van der Waals surface area contributed by atoms with Crippen LogP contribution in [0.1, 0.15) is 39.8 Å². The van der Waals surface area contributed by atoms with Gasteiger partial charge in [0, 0.05) is 11.1 Å². The Balaban J connectivity index is 1.89. The Morgan fingerprint density at radius 2 is 1.92 bits per heavy atom. The van der Waals surface area contributed by atoms with Gasteiger partial charge in [0.2, 0.25) is 0 Å². The molecule has 0 radical (unpaired) electrons. The van der Waals surface area contributed by atoms with E-state index in [1.807, 2.05) is 6.26 Å². The molecule has 0 saturated carbocycles. The number of furan rings is 1. The molecule has 0 N–H and O–H groups in total. The van der Waals surface area contributed by atoms with Crippen molar-refractivity contribution in [2.75, 3.05) is 0 Å². The van der Waals surface area contributed by atoms with Crippen molar-refractivity contribution >= 4 is 14.1 Å². The van der Waals surface area contributed by atoms with Gasteiger partial charge in [-0.3, -0.25) is 0 Å². The first-order valence-electron chi connectivity index (χ1n) is 9.14. The Bertz CT molecular complexity index is 937. The molecule has 0 spiro atoms. The van der Waals surface area contributed by atoms with Gasteiger partial charge in [0.1, 0.15) is 5.76 Å². The lowest BCUT2D eigenvalue weighted by Crippen LogP contribution is -2.36. The lowest BCUT2D eigenvalue weighted by molar-refractivity contribution is 0.580. The van der Waals surface area contributed by atoms with E-state index in [4.69, 9.17) is 4.42 Å². The van der Waals surface area contributed by atoms with Gasteiger partial charge in [0.15, 0.2) is 0 Å². The summed E-state index contributed by atoms with van der Waals surface area (Å²) in [4.78, 5) is 0. The van der Waals surface area contributed by atoms with Crippen molar-refractivity contribution < 1.29 is 4.42 Å². The van der Waals surface area contributed by atoms with Crippen LogP contribution < -0.4 is 0 Å². The minimum absolute atomic E-state index is 0.543. The van der Waals surface area contributed by atoms with Crippen molar-refractivity contribution in [1.82, 2.24) is 0 Å². The molecule has 25 heavy (non-hydrogen) atoms. The third-order valence-corrected chi connectivity index (χ3v) is 10.3. The summed E-state index contributed by atoms with van der Waals surface area (Å²) in [6.07, 6.45) is 14.6. The fourth-order valence-corrected chi connectivity index (χ4v) is 7.53.